The summed E-state index contributed by atoms with van der Waals surface area (Å²) in [5.74, 6) is -0.483. The number of nitrogens with zero attached hydrogens (tertiary/aromatic N) is 1. The molecule has 2 unspecified atom stereocenters. The molecule has 2 atom stereocenters. The van der Waals surface area contributed by atoms with Gasteiger partial charge in [-0.05, 0) is 37.5 Å². The second-order valence-corrected chi connectivity index (χ2v) is 7.46. The Bertz CT molecular complexity index is 433. The molecule has 2 aliphatic rings. The highest BCUT2D eigenvalue weighted by Crippen LogP contribution is 2.36. The number of hydrogen-bond acceptors (Lipinski definition) is 3. The first kappa shape index (κ1) is 14.7. The lowest BCUT2D eigenvalue weighted by molar-refractivity contribution is -0.142. The molecule has 19 heavy (non-hydrogen) atoms. The van der Waals surface area contributed by atoms with Crippen LogP contribution < -0.4 is 4.72 Å². The van der Waals surface area contributed by atoms with E-state index in [2.05, 4.69) is 11.6 Å². The van der Waals surface area contributed by atoms with E-state index in [1.54, 1.807) is 0 Å². The molecule has 2 rings (SSSR count). The van der Waals surface area contributed by atoms with Crippen molar-refractivity contribution in [3.63, 3.8) is 0 Å². The number of carboxylic acids is 1. The summed E-state index contributed by atoms with van der Waals surface area (Å²) in [6.45, 7) is 3.00. The zero-order valence-corrected chi connectivity index (χ0v) is 12.0. The van der Waals surface area contributed by atoms with Crippen molar-refractivity contribution in [2.24, 2.45) is 17.8 Å². The third-order valence-electron chi connectivity index (χ3n) is 4.09. The Kier molecular flexibility index (Phi) is 4.47. The van der Waals surface area contributed by atoms with E-state index in [0.29, 0.717) is 37.8 Å². The van der Waals surface area contributed by atoms with Crippen LogP contribution in [0.25, 0.3) is 0 Å². The normalized spacial score (nSPS) is 27.1. The lowest BCUT2D eigenvalue weighted by atomic mass is 10.0. The van der Waals surface area contributed by atoms with Crippen LogP contribution >= 0.6 is 0 Å². The first-order valence-electron chi connectivity index (χ1n) is 6.87. The molecule has 1 aliphatic heterocycles. The minimum Gasteiger partial charge on any atom is -0.481 e. The van der Waals surface area contributed by atoms with Gasteiger partial charge in [0.1, 0.15) is 0 Å². The van der Waals surface area contributed by atoms with E-state index in [0.717, 1.165) is 0 Å². The second kappa shape index (κ2) is 5.76. The first-order chi connectivity index (χ1) is 8.90. The van der Waals surface area contributed by atoms with Gasteiger partial charge in [0.15, 0.2) is 0 Å². The number of carboxylic acid groups (broad SMARTS) is 1. The maximum Gasteiger partial charge on any atom is 0.307 e. The average Bonchev–Trinajstić information content (AvgIpc) is 3.20. The van der Waals surface area contributed by atoms with Crippen LogP contribution in [0.1, 0.15) is 32.6 Å². The number of piperidine rings is 1. The molecule has 0 amide bonds. The van der Waals surface area contributed by atoms with Gasteiger partial charge in [-0.3, -0.25) is 4.79 Å². The lowest BCUT2D eigenvalue weighted by Crippen LogP contribution is -2.48. The van der Waals surface area contributed by atoms with E-state index in [4.69, 9.17) is 5.11 Å². The summed E-state index contributed by atoms with van der Waals surface area (Å²) in [7, 11) is -3.53. The highest BCUT2D eigenvalue weighted by Gasteiger charge is 2.33. The van der Waals surface area contributed by atoms with Crippen molar-refractivity contribution in [1.29, 1.82) is 0 Å². The van der Waals surface area contributed by atoms with Gasteiger partial charge >= 0.3 is 5.97 Å². The van der Waals surface area contributed by atoms with Crippen LogP contribution in [0.3, 0.4) is 0 Å². The monoisotopic (exact) mass is 290 g/mol. The van der Waals surface area contributed by atoms with E-state index < -0.39 is 22.1 Å². The minimum absolute atomic E-state index is 0.0858. The Balaban J connectivity index is 1.88. The summed E-state index contributed by atoms with van der Waals surface area (Å²) in [6, 6.07) is 0. The summed E-state index contributed by atoms with van der Waals surface area (Å²) in [5.41, 5.74) is 0. The van der Waals surface area contributed by atoms with Crippen molar-refractivity contribution >= 4 is 16.2 Å². The minimum atomic E-state index is -3.53. The molecular weight excluding hydrogens is 268 g/mol. The van der Waals surface area contributed by atoms with Crippen molar-refractivity contribution in [3.05, 3.63) is 0 Å². The number of nitrogens with one attached hydrogen (secondary N) is 1. The predicted molar refractivity (Wildman–Crippen MR) is 70.7 cm³/mol. The van der Waals surface area contributed by atoms with Crippen LogP contribution in [0.5, 0.6) is 0 Å². The van der Waals surface area contributed by atoms with Crippen LogP contribution in [0.15, 0.2) is 0 Å². The van der Waals surface area contributed by atoms with Crippen LogP contribution in [0.4, 0.5) is 0 Å². The molecule has 2 fully saturated rings. The maximum atomic E-state index is 12.1. The Morgan fingerprint density at radius 2 is 2.11 bits per heavy atom. The van der Waals surface area contributed by atoms with Crippen molar-refractivity contribution in [2.45, 2.75) is 32.6 Å². The first-order valence-corrected chi connectivity index (χ1v) is 8.31. The summed E-state index contributed by atoms with van der Waals surface area (Å²) >= 11 is 0. The van der Waals surface area contributed by atoms with Gasteiger partial charge in [0, 0.05) is 19.6 Å². The fourth-order valence-electron chi connectivity index (χ4n) is 2.52. The maximum absolute atomic E-state index is 12.1. The standard InChI is InChI=1S/C12H22N2O4S/c1-9(10-4-5-10)7-13-19(17,18)14-6-2-3-11(8-14)12(15)16/h9-11,13H,2-8H2,1H3,(H,15,16). The molecule has 0 aromatic heterocycles. The summed E-state index contributed by atoms with van der Waals surface area (Å²) in [4.78, 5) is 10.9. The van der Waals surface area contributed by atoms with Gasteiger partial charge in [0.25, 0.3) is 10.2 Å². The van der Waals surface area contributed by atoms with E-state index in [1.165, 1.54) is 17.1 Å². The number of hydrogen-bond donors (Lipinski definition) is 2. The molecule has 1 saturated carbocycles. The van der Waals surface area contributed by atoms with Crippen LogP contribution in [0, 0.1) is 17.8 Å². The number of carbonyl (C=O) groups is 1. The Morgan fingerprint density at radius 1 is 1.42 bits per heavy atom. The van der Waals surface area contributed by atoms with E-state index in [-0.39, 0.29) is 6.54 Å². The second-order valence-electron chi connectivity index (χ2n) is 5.70. The summed E-state index contributed by atoms with van der Waals surface area (Å²) < 4.78 is 28.1. The molecule has 0 radical (unpaired) electrons. The van der Waals surface area contributed by atoms with Crippen LogP contribution in [-0.4, -0.2) is 43.4 Å². The number of aliphatic carboxylic acids is 1. The molecule has 0 aromatic rings. The Hall–Kier alpha value is -0.660. The lowest BCUT2D eigenvalue weighted by Gasteiger charge is -2.30. The highest BCUT2D eigenvalue weighted by molar-refractivity contribution is 7.87. The van der Waals surface area contributed by atoms with Gasteiger partial charge in [-0.25, -0.2) is 4.72 Å². The third-order valence-corrected chi connectivity index (χ3v) is 5.63. The molecule has 1 heterocycles. The highest BCUT2D eigenvalue weighted by atomic mass is 32.2. The van der Waals surface area contributed by atoms with Gasteiger partial charge in [-0.15, -0.1) is 0 Å². The van der Waals surface area contributed by atoms with Crippen molar-refractivity contribution < 1.29 is 18.3 Å². The van der Waals surface area contributed by atoms with Crippen molar-refractivity contribution in [3.8, 4) is 0 Å². The third kappa shape index (κ3) is 3.90. The van der Waals surface area contributed by atoms with E-state index in [9.17, 15) is 13.2 Å². The SMILES string of the molecule is CC(CNS(=O)(=O)N1CCCC(C(=O)O)C1)C1CC1. The Morgan fingerprint density at radius 3 is 2.68 bits per heavy atom. The topological polar surface area (TPSA) is 86.7 Å². The van der Waals surface area contributed by atoms with Gasteiger partial charge in [0.05, 0.1) is 5.92 Å². The van der Waals surface area contributed by atoms with Gasteiger partial charge in [0.2, 0.25) is 0 Å². The zero-order valence-electron chi connectivity index (χ0n) is 11.2. The van der Waals surface area contributed by atoms with Crippen LogP contribution in [0.2, 0.25) is 0 Å². The molecule has 110 valence electrons. The summed E-state index contributed by atoms with van der Waals surface area (Å²) in [6.07, 6.45) is 3.54. The fraction of sp³-hybridized carbons (Fsp3) is 0.917. The predicted octanol–water partition coefficient (Wildman–Crippen LogP) is 0.664. The molecule has 1 saturated heterocycles. The number of rotatable bonds is 6. The smallest absolute Gasteiger partial charge is 0.307 e. The molecular formula is C12H22N2O4S. The molecule has 1 aliphatic carbocycles. The van der Waals surface area contributed by atoms with Crippen molar-refractivity contribution in [2.75, 3.05) is 19.6 Å². The molecule has 7 heteroatoms. The largest absolute Gasteiger partial charge is 0.481 e. The van der Waals surface area contributed by atoms with Gasteiger partial charge in [-0.1, -0.05) is 6.92 Å². The Labute approximate surface area is 114 Å². The van der Waals surface area contributed by atoms with Crippen LogP contribution in [-0.2, 0) is 15.0 Å². The molecule has 0 bridgehead atoms. The van der Waals surface area contributed by atoms with E-state index in [1.807, 2.05) is 0 Å². The molecule has 6 nitrogen and oxygen atoms in total. The molecule has 0 spiro atoms. The molecule has 2 N–H and O–H groups in total. The zero-order chi connectivity index (χ0) is 14.0. The van der Waals surface area contributed by atoms with E-state index >= 15 is 0 Å². The van der Waals surface area contributed by atoms with Gasteiger partial charge < -0.3 is 5.11 Å². The average molecular weight is 290 g/mol. The quantitative estimate of drug-likeness (QED) is 0.752. The fourth-order valence-corrected chi connectivity index (χ4v) is 3.92. The van der Waals surface area contributed by atoms with Gasteiger partial charge in [-0.2, -0.15) is 12.7 Å². The van der Waals surface area contributed by atoms with Crippen molar-refractivity contribution in [1.82, 2.24) is 9.03 Å². The molecule has 0 aromatic carbocycles. The summed E-state index contributed by atoms with van der Waals surface area (Å²) in [5, 5.41) is 8.98.